The molecule has 0 aliphatic carbocycles. The molecule has 0 aliphatic rings. The summed E-state index contributed by atoms with van der Waals surface area (Å²) in [6.45, 7) is 3.74. The van der Waals surface area contributed by atoms with Crippen molar-refractivity contribution in [1.29, 1.82) is 5.26 Å². The predicted octanol–water partition coefficient (Wildman–Crippen LogP) is 3.47. The van der Waals surface area contributed by atoms with E-state index in [1.807, 2.05) is 30.3 Å². The number of hydrogen-bond donors (Lipinski definition) is 1. The molecule has 3 heteroatoms. The van der Waals surface area contributed by atoms with Crippen LogP contribution in [-0.4, -0.2) is 6.54 Å². The van der Waals surface area contributed by atoms with E-state index in [0.717, 1.165) is 29.8 Å². The van der Waals surface area contributed by atoms with Gasteiger partial charge in [0.1, 0.15) is 5.82 Å². The third-order valence-corrected chi connectivity index (χ3v) is 2.87. The molecule has 0 aliphatic heterocycles. The summed E-state index contributed by atoms with van der Waals surface area (Å²) in [6, 6.07) is 14.3. The third kappa shape index (κ3) is 3.40. The SMILES string of the molecule is CCNCc1cccc(-c2cc(F)cc(C#N)c2)c1. The Bertz CT molecular complexity index is 614. The maximum Gasteiger partial charge on any atom is 0.125 e. The molecular weight excluding hydrogens is 239 g/mol. The summed E-state index contributed by atoms with van der Waals surface area (Å²) in [4.78, 5) is 0. The highest BCUT2D eigenvalue weighted by atomic mass is 19.1. The zero-order valence-electron chi connectivity index (χ0n) is 10.8. The average molecular weight is 254 g/mol. The standard InChI is InChI=1S/C16H15FN2/c1-2-19-11-12-4-3-5-14(6-12)15-7-13(10-18)8-16(17)9-15/h3-9,19H,2,11H2,1H3. The van der Waals surface area contributed by atoms with Gasteiger partial charge in [-0.05, 0) is 47.5 Å². The molecule has 2 nitrogen and oxygen atoms in total. The Hall–Kier alpha value is -2.18. The number of benzene rings is 2. The van der Waals surface area contributed by atoms with E-state index >= 15 is 0 Å². The molecule has 0 saturated heterocycles. The van der Waals surface area contributed by atoms with Crippen molar-refractivity contribution >= 4 is 0 Å². The van der Waals surface area contributed by atoms with Crippen molar-refractivity contribution in [1.82, 2.24) is 5.32 Å². The number of nitriles is 1. The van der Waals surface area contributed by atoms with E-state index in [9.17, 15) is 4.39 Å². The summed E-state index contributed by atoms with van der Waals surface area (Å²) >= 11 is 0. The van der Waals surface area contributed by atoms with E-state index in [1.165, 1.54) is 12.1 Å². The Labute approximate surface area is 112 Å². The maximum absolute atomic E-state index is 13.4. The molecule has 1 N–H and O–H groups in total. The van der Waals surface area contributed by atoms with E-state index in [4.69, 9.17) is 5.26 Å². The van der Waals surface area contributed by atoms with Crippen molar-refractivity contribution in [3.8, 4) is 17.2 Å². The Morgan fingerprint density at radius 1 is 1.16 bits per heavy atom. The van der Waals surface area contributed by atoms with Gasteiger partial charge in [-0.25, -0.2) is 4.39 Å². The monoisotopic (exact) mass is 254 g/mol. The summed E-state index contributed by atoms with van der Waals surface area (Å²) in [5, 5.41) is 12.1. The lowest BCUT2D eigenvalue weighted by Crippen LogP contribution is -2.11. The first-order valence-electron chi connectivity index (χ1n) is 6.23. The first-order chi connectivity index (χ1) is 9.22. The molecule has 0 spiro atoms. The van der Waals surface area contributed by atoms with Crippen molar-refractivity contribution in [3.05, 3.63) is 59.4 Å². The third-order valence-electron chi connectivity index (χ3n) is 2.87. The van der Waals surface area contributed by atoms with Crippen LogP contribution in [0.15, 0.2) is 42.5 Å². The molecule has 0 radical (unpaired) electrons. The van der Waals surface area contributed by atoms with Crippen LogP contribution in [0.25, 0.3) is 11.1 Å². The molecule has 0 bridgehead atoms. The molecule has 0 unspecified atom stereocenters. The second-order valence-electron chi connectivity index (χ2n) is 4.32. The van der Waals surface area contributed by atoms with Crippen LogP contribution in [0.1, 0.15) is 18.1 Å². The number of hydrogen-bond acceptors (Lipinski definition) is 2. The van der Waals surface area contributed by atoms with Crippen molar-refractivity contribution in [2.75, 3.05) is 6.54 Å². The number of nitrogens with zero attached hydrogens (tertiary/aromatic N) is 1. The number of nitrogens with one attached hydrogen (secondary N) is 1. The fraction of sp³-hybridized carbons (Fsp3) is 0.188. The zero-order valence-corrected chi connectivity index (χ0v) is 10.8. The van der Waals surface area contributed by atoms with E-state index in [-0.39, 0.29) is 5.82 Å². The highest BCUT2D eigenvalue weighted by Gasteiger charge is 2.04. The summed E-state index contributed by atoms with van der Waals surface area (Å²) < 4.78 is 13.4. The summed E-state index contributed by atoms with van der Waals surface area (Å²) in [5.74, 6) is -0.383. The molecule has 0 fully saturated rings. The number of halogens is 1. The largest absolute Gasteiger partial charge is 0.313 e. The fourth-order valence-corrected chi connectivity index (χ4v) is 1.95. The van der Waals surface area contributed by atoms with Gasteiger partial charge in [-0.2, -0.15) is 5.26 Å². The van der Waals surface area contributed by atoms with Gasteiger partial charge < -0.3 is 5.32 Å². The molecule has 2 rings (SSSR count). The molecule has 96 valence electrons. The van der Waals surface area contributed by atoms with Crippen LogP contribution >= 0.6 is 0 Å². The van der Waals surface area contributed by atoms with E-state index in [1.54, 1.807) is 6.07 Å². The molecule has 19 heavy (non-hydrogen) atoms. The smallest absolute Gasteiger partial charge is 0.125 e. The highest BCUT2D eigenvalue weighted by Crippen LogP contribution is 2.23. The van der Waals surface area contributed by atoms with E-state index in [2.05, 4.69) is 12.2 Å². The minimum absolute atomic E-state index is 0.340. The molecule has 0 heterocycles. The van der Waals surface area contributed by atoms with Crippen LogP contribution in [0.5, 0.6) is 0 Å². The summed E-state index contributed by atoms with van der Waals surface area (Å²) in [5.41, 5.74) is 3.13. The predicted molar refractivity (Wildman–Crippen MR) is 73.9 cm³/mol. The lowest BCUT2D eigenvalue weighted by molar-refractivity contribution is 0.628. The van der Waals surface area contributed by atoms with Crippen LogP contribution in [0, 0.1) is 17.1 Å². The zero-order chi connectivity index (χ0) is 13.7. The molecule has 2 aromatic rings. The fourth-order valence-electron chi connectivity index (χ4n) is 1.95. The Morgan fingerprint density at radius 3 is 2.74 bits per heavy atom. The second kappa shape index (κ2) is 6.12. The van der Waals surface area contributed by atoms with Gasteiger partial charge in [-0.3, -0.25) is 0 Å². The van der Waals surface area contributed by atoms with Gasteiger partial charge in [-0.1, -0.05) is 25.1 Å². The lowest BCUT2D eigenvalue weighted by atomic mass is 10.0. The lowest BCUT2D eigenvalue weighted by Gasteiger charge is -2.07. The van der Waals surface area contributed by atoms with E-state index in [0.29, 0.717) is 5.56 Å². The topological polar surface area (TPSA) is 35.8 Å². The van der Waals surface area contributed by atoms with Crippen LogP contribution in [-0.2, 0) is 6.54 Å². The second-order valence-corrected chi connectivity index (χ2v) is 4.32. The van der Waals surface area contributed by atoms with Gasteiger partial charge in [0.15, 0.2) is 0 Å². The van der Waals surface area contributed by atoms with Gasteiger partial charge in [0, 0.05) is 6.54 Å². The Balaban J connectivity index is 2.36. The average Bonchev–Trinajstić information content (AvgIpc) is 2.44. The molecule has 2 aromatic carbocycles. The van der Waals surface area contributed by atoms with Crippen LogP contribution < -0.4 is 5.32 Å². The Morgan fingerprint density at radius 2 is 2.00 bits per heavy atom. The molecule has 0 atom stereocenters. The molecule has 0 amide bonds. The quantitative estimate of drug-likeness (QED) is 0.906. The maximum atomic E-state index is 13.4. The van der Waals surface area contributed by atoms with E-state index < -0.39 is 0 Å². The molecule has 0 aromatic heterocycles. The molecular formula is C16H15FN2. The Kier molecular flexibility index (Phi) is 4.27. The van der Waals surface area contributed by atoms with Gasteiger partial charge in [0.2, 0.25) is 0 Å². The van der Waals surface area contributed by atoms with Crippen molar-refractivity contribution < 1.29 is 4.39 Å². The molecule has 0 saturated carbocycles. The van der Waals surface area contributed by atoms with Crippen molar-refractivity contribution in [2.24, 2.45) is 0 Å². The van der Waals surface area contributed by atoms with Crippen LogP contribution in [0.4, 0.5) is 4.39 Å². The van der Waals surface area contributed by atoms with Crippen molar-refractivity contribution in [2.45, 2.75) is 13.5 Å². The van der Waals surface area contributed by atoms with Gasteiger partial charge in [0.05, 0.1) is 11.6 Å². The van der Waals surface area contributed by atoms with Gasteiger partial charge in [0.25, 0.3) is 0 Å². The first-order valence-corrected chi connectivity index (χ1v) is 6.23. The van der Waals surface area contributed by atoms with Crippen molar-refractivity contribution in [3.63, 3.8) is 0 Å². The van der Waals surface area contributed by atoms with Gasteiger partial charge in [-0.15, -0.1) is 0 Å². The summed E-state index contributed by atoms with van der Waals surface area (Å²) in [6.07, 6.45) is 0. The highest BCUT2D eigenvalue weighted by molar-refractivity contribution is 5.66. The first kappa shape index (κ1) is 13.3. The normalized spacial score (nSPS) is 10.2. The van der Waals surface area contributed by atoms with Gasteiger partial charge >= 0.3 is 0 Å². The van der Waals surface area contributed by atoms with Crippen LogP contribution in [0.3, 0.4) is 0 Å². The summed E-state index contributed by atoms with van der Waals surface area (Å²) in [7, 11) is 0. The number of rotatable bonds is 4. The minimum atomic E-state index is -0.383. The minimum Gasteiger partial charge on any atom is -0.313 e. The van der Waals surface area contributed by atoms with Crippen LogP contribution in [0.2, 0.25) is 0 Å².